The van der Waals surface area contributed by atoms with Crippen LogP contribution in [-0.4, -0.2) is 11.7 Å². The van der Waals surface area contributed by atoms with Gasteiger partial charge in [-0.2, -0.15) is 0 Å². The molecule has 0 aliphatic carbocycles. The van der Waals surface area contributed by atoms with Gasteiger partial charge in [-0.3, -0.25) is 0 Å². The molecule has 0 spiro atoms. The maximum Gasteiger partial charge on any atom is 0.116 e. The van der Waals surface area contributed by atoms with Gasteiger partial charge in [0.1, 0.15) is 5.75 Å². The number of nitrogens with two attached hydrogens (primary N) is 1. The summed E-state index contributed by atoms with van der Waals surface area (Å²) in [6, 6.07) is 5.80. The topological polar surface area (TPSA) is 46.2 Å². The fourth-order valence-corrected chi connectivity index (χ4v) is 1.48. The summed E-state index contributed by atoms with van der Waals surface area (Å²) in [6.45, 7) is 4.95. The number of rotatable bonds is 4. The Labute approximate surface area is 85.8 Å². The smallest absolute Gasteiger partial charge is 0.116 e. The van der Waals surface area contributed by atoms with Crippen molar-refractivity contribution in [1.29, 1.82) is 0 Å². The molecule has 1 aromatic carbocycles. The summed E-state index contributed by atoms with van der Waals surface area (Å²) in [4.78, 5) is 0. The highest BCUT2D eigenvalue weighted by Crippen LogP contribution is 2.22. The normalized spacial score (nSPS) is 10.9. The highest BCUT2D eigenvalue weighted by atomic mass is 16.3. The second-order valence-corrected chi connectivity index (χ2v) is 3.98. The Balaban J connectivity index is 2.84. The van der Waals surface area contributed by atoms with E-state index >= 15 is 0 Å². The van der Waals surface area contributed by atoms with Crippen molar-refractivity contribution in [2.24, 2.45) is 5.73 Å². The van der Waals surface area contributed by atoms with Gasteiger partial charge in [0.15, 0.2) is 0 Å². The van der Waals surface area contributed by atoms with Crippen LogP contribution in [0.5, 0.6) is 5.75 Å². The highest BCUT2D eigenvalue weighted by Gasteiger charge is 2.03. The summed E-state index contributed by atoms with van der Waals surface area (Å²) >= 11 is 0. The molecule has 0 heterocycles. The molecule has 1 rings (SSSR count). The second-order valence-electron chi connectivity index (χ2n) is 3.98. The van der Waals surface area contributed by atoms with Gasteiger partial charge >= 0.3 is 0 Å². The van der Waals surface area contributed by atoms with Crippen molar-refractivity contribution < 1.29 is 5.11 Å². The van der Waals surface area contributed by atoms with E-state index in [9.17, 15) is 5.11 Å². The minimum absolute atomic E-state index is 0.364. The lowest BCUT2D eigenvalue weighted by Gasteiger charge is -2.09. The number of hydrogen-bond donors (Lipinski definition) is 2. The Morgan fingerprint density at radius 2 is 2.00 bits per heavy atom. The molecule has 78 valence electrons. The van der Waals surface area contributed by atoms with Crippen LogP contribution in [0.25, 0.3) is 0 Å². The first-order valence-corrected chi connectivity index (χ1v) is 5.16. The molecule has 2 nitrogen and oxygen atoms in total. The molecule has 0 saturated heterocycles. The highest BCUT2D eigenvalue weighted by molar-refractivity contribution is 5.35. The van der Waals surface area contributed by atoms with Gasteiger partial charge in [0, 0.05) is 0 Å². The van der Waals surface area contributed by atoms with Crippen molar-refractivity contribution in [2.45, 2.75) is 32.6 Å². The van der Waals surface area contributed by atoms with Crippen molar-refractivity contribution in [3.05, 3.63) is 29.3 Å². The van der Waals surface area contributed by atoms with Crippen LogP contribution in [-0.2, 0) is 6.42 Å². The van der Waals surface area contributed by atoms with Crippen molar-refractivity contribution in [3.63, 3.8) is 0 Å². The van der Waals surface area contributed by atoms with Crippen LogP contribution >= 0.6 is 0 Å². The minimum Gasteiger partial charge on any atom is -0.508 e. The number of phenols is 1. The Hall–Kier alpha value is -1.02. The number of phenolic OH excluding ortho intramolecular Hbond substituents is 1. The average molecular weight is 193 g/mol. The zero-order valence-electron chi connectivity index (χ0n) is 8.96. The van der Waals surface area contributed by atoms with Crippen LogP contribution in [0.2, 0.25) is 0 Å². The van der Waals surface area contributed by atoms with Gasteiger partial charge in [-0.1, -0.05) is 19.9 Å². The van der Waals surface area contributed by atoms with Crippen molar-refractivity contribution in [2.75, 3.05) is 6.54 Å². The second kappa shape index (κ2) is 5.01. The maximum atomic E-state index is 9.51. The predicted molar refractivity (Wildman–Crippen MR) is 59.6 cm³/mol. The van der Waals surface area contributed by atoms with Gasteiger partial charge in [-0.25, -0.2) is 0 Å². The number of aromatic hydroxyl groups is 1. The van der Waals surface area contributed by atoms with E-state index in [2.05, 4.69) is 19.9 Å². The molecule has 0 atom stereocenters. The van der Waals surface area contributed by atoms with Crippen LogP contribution in [0.3, 0.4) is 0 Å². The first kappa shape index (κ1) is 11.1. The summed E-state index contributed by atoms with van der Waals surface area (Å²) in [5, 5.41) is 9.51. The Bertz CT molecular complexity index is 294. The van der Waals surface area contributed by atoms with Crippen LogP contribution in [0.15, 0.2) is 18.2 Å². The molecule has 3 N–H and O–H groups in total. The third kappa shape index (κ3) is 3.04. The Morgan fingerprint density at radius 3 is 2.57 bits per heavy atom. The minimum atomic E-state index is 0.364. The molecular formula is C12H19NO. The summed E-state index contributed by atoms with van der Waals surface area (Å²) in [5.74, 6) is 0.821. The summed E-state index contributed by atoms with van der Waals surface area (Å²) in [5.41, 5.74) is 7.82. The lowest BCUT2D eigenvalue weighted by molar-refractivity contribution is 0.473. The molecule has 0 bridgehead atoms. The molecule has 0 fully saturated rings. The molecule has 1 aromatic rings. The van der Waals surface area contributed by atoms with Gasteiger partial charge in [-0.15, -0.1) is 0 Å². The molecule has 0 saturated carbocycles. The summed E-state index contributed by atoms with van der Waals surface area (Å²) < 4.78 is 0. The molecule has 0 amide bonds. The lowest BCUT2D eigenvalue weighted by atomic mass is 9.98. The number of benzene rings is 1. The van der Waals surface area contributed by atoms with Crippen LogP contribution in [0.1, 0.15) is 37.3 Å². The van der Waals surface area contributed by atoms with E-state index in [0.717, 1.165) is 12.8 Å². The van der Waals surface area contributed by atoms with Crippen molar-refractivity contribution in [3.8, 4) is 5.75 Å². The van der Waals surface area contributed by atoms with Crippen molar-refractivity contribution in [1.82, 2.24) is 0 Å². The zero-order chi connectivity index (χ0) is 10.6. The predicted octanol–water partition coefficient (Wildman–Crippen LogP) is 2.41. The largest absolute Gasteiger partial charge is 0.508 e. The average Bonchev–Trinajstić information content (AvgIpc) is 2.14. The van der Waals surface area contributed by atoms with Crippen LogP contribution in [0, 0.1) is 0 Å². The molecule has 14 heavy (non-hydrogen) atoms. The monoisotopic (exact) mass is 193 g/mol. The molecular weight excluding hydrogens is 174 g/mol. The quantitative estimate of drug-likeness (QED) is 0.771. The fraction of sp³-hybridized carbons (Fsp3) is 0.500. The molecule has 0 aliphatic rings. The van der Waals surface area contributed by atoms with E-state index in [1.807, 2.05) is 12.1 Å². The molecule has 0 aliphatic heterocycles. The van der Waals surface area contributed by atoms with Crippen LogP contribution in [0.4, 0.5) is 0 Å². The van der Waals surface area contributed by atoms with E-state index < -0.39 is 0 Å². The van der Waals surface area contributed by atoms with Gasteiger partial charge < -0.3 is 10.8 Å². The number of hydrogen-bond acceptors (Lipinski definition) is 2. The van der Waals surface area contributed by atoms with Gasteiger partial charge in [0.25, 0.3) is 0 Å². The van der Waals surface area contributed by atoms with E-state index in [-0.39, 0.29) is 0 Å². The lowest BCUT2D eigenvalue weighted by Crippen LogP contribution is -2.00. The third-order valence-electron chi connectivity index (χ3n) is 2.34. The van der Waals surface area contributed by atoms with E-state index in [0.29, 0.717) is 18.2 Å². The van der Waals surface area contributed by atoms with E-state index in [1.54, 1.807) is 0 Å². The first-order valence-electron chi connectivity index (χ1n) is 5.16. The summed E-state index contributed by atoms with van der Waals surface area (Å²) in [6.07, 6.45) is 1.92. The van der Waals surface area contributed by atoms with Gasteiger partial charge in [0.05, 0.1) is 0 Å². The summed E-state index contributed by atoms with van der Waals surface area (Å²) in [7, 11) is 0. The molecule has 2 heteroatoms. The van der Waals surface area contributed by atoms with Crippen molar-refractivity contribution >= 4 is 0 Å². The van der Waals surface area contributed by atoms with E-state index in [1.165, 1.54) is 11.1 Å². The maximum absolute atomic E-state index is 9.51. The van der Waals surface area contributed by atoms with E-state index in [4.69, 9.17) is 5.73 Å². The molecule has 0 unspecified atom stereocenters. The van der Waals surface area contributed by atoms with Crippen LogP contribution < -0.4 is 5.73 Å². The standard InChI is InChI=1S/C12H19NO/c1-9(2)11-6-10(4-3-5-13)7-12(14)8-11/h6-9,14H,3-5,13H2,1-2H3. The zero-order valence-corrected chi connectivity index (χ0v) is 8.96. The third-order valence-corrected chi connectivity index (χ3v) is 2.34. The fourth-order valence-electron chi connectivity index (χ4n) is 1.48. The Kier molecular flexibility index (Phi) is 3.96. The van der Waals surface area contributed by atoms with Gasteiger partial charge in [-0.05, 0) is 48.6 Å². The Morgan fingerprint density at radius 1 is 1.29 bits per heavy atom. The first-order chi connectivity index (χ1) is 6.63. The number of aryl methyl sites for hydroxylation is 1. The van der Waals surface area contributed by atoms with Gasteiger partial charge in [0.2, 0.25) is 0 Å². The molecule has 0 aromatic heterocycles. The SMILES string of the molecule is CC(C)c1cc(O)cc(CCCN)c1. The molecule has 0 radical (unpaired) electrons.